The Morgan fingerprint density at radius 3 is 2.20 bits per heavy atom. The Morgan fingerprint density at radius 1 is 1.00 bits per heavy atom. The van der Waals surface area contributed by atoms with Gasteiger partial charge in [-0.15, -0.1) is 0 Å². The van der Waals surface area contributed by atoms with Crippen LogP contribution in [0.4, 0.5) is 0 Å². The smallest absolute Gasteiger partial charge is 0.314 e. The average molecular weight is 419 g/mol. The molecule has 30 heavy (non-hydrogen) atoms. The first kappa shape index (κ1) is 21.5. The van der Waals surface area contributed by atoms with Crippen LogP contribution in [0.15, 0.2) is 78.9 Å². The molecule has 1 unspecified atom stereocenters. The molecule has 0 radical (unpaired) electrons. The Labute approximate surface area is 182 Å². The molecule has 3 rings (SSSR count). The molecule has 0 heterocycles. The van der Waals surface area contributed by atoms with Crippen molar-refractivity contribution in [3.05, 3.63) is 101 Å². The van der Waals surface area contributed by atoms with Gasteiger partial charge in [0.25, 0.3) is 0 Å². The summed E-state index contributed by atoms with van der Waals surface area (Å²) in [7, 11) is 0. The van der Waals surface area contributed by atoms with Crippen LogP contribution < -0.4 is 4.74 Å². The second kappa shape index (κ2) is 9.52. The molecule has 0 aromatic heterocycles. The molecule has 0 aliphatic rings. The third kappa shape index (κ3) is 4.84. The fourth-order valence-corrected chi connectivity index (χ4v) is 3.62. The number of carboxylic acid groups (broad SMARTS) is 1. The Hall–Kier alpha value is -3.22. The van der Waals surface area contributed by atoms with Gasteiger partial charge in [0.05, 0.1) is 5.41 Å². The number of para-hydroxylation sites is 1. The molecule has 3 aromatic carbocycles. The van der Waals surface area contributed by atoms with E-state index in [9.17, 15) is 9.90 Å². The third-order valence-electron chi connectivity index (χ3n) is 5.27. The molecule has 4 heteroatoms. The molecule has 152 valence electrons. The standard InChI is InChI=1S/C26H23ClO3/c1-19(2)26(25(28)29,22-12-14-23(27)15-13-22)18-21-10-8-20(9-11-21)16-17-30-24-6-4-3-5-7-24/h3-15,19H,18H2,1-2H3,(H,28,29). The number of carbonyl (C=O) groups is 1. The number of carboxylic acids is 1. The Balaban J connectivity index is 1.82. The Morgan fingerprint density at radius 2 is 1.63 bits per heavy atom. The van der Waals surface area contributed by atoms with Crippen LogP contribution >= 0.6 is 11.6 Å². The molecular formula is C26H23ClO3. The van der Waals surface area contributed by atoms with E-state index >= 15 is 0 Å². The predicted molar refractivity (Wildman–Crippen MR) is 120 cm³/mol. The molecule has 3 nitrogen and oxygen atoms in total. The molecule has 0 fully saturated rings. The lowest BCUT2D eigenvalue weighted by molar-refractivity contribution is -0.145. The van der Waals surface area contributed by atoms with Crippen LogP contribution in [0.5, 0.6) is 5.75 Å². The Kier molecular flexibility index (Phi) is 6.82. The molecule has 0 amide bonds. The van der Waals surface area contributed by atoms with Crippen LogP contribution in [0.3, 0.4) is 0 Å². The van der Waals surface area contributed by atoms with E-state index in [2.05, 4.69) is 12.0 Å². The summed E-state index contributed by atoms with van der Waals surface area (Å²) < 4.78 is 5.40. The molecular weight excluding hydrogens is 396 g/mol. The number of hydrogen-bond donors (Lipinski definition) is 1. The van der Waals surface area contributed by atoms with Crippen LogP contribution in [0.1, 0.15) is 30.5 Å². The van der Waals surface area contributed by atoms with E-state index in [1.54, 1.807) is 24.3 Å². The van der Waals surface area contributed by atoms with E-state index in [0.717, 1.165) is 16.7 Å². The molecule has 0 saturated heterocycles. The van der Waals surface area contributed by atoms with E-state index in [4.69, 9.17) is 16.3 Å². The fraction of sp³-hybridized carbons (Fsp3) is 0.192. The van der Waals surface area contributed by atoms with Gasteiger partial charge in [-0.3, -0.25) is 4.79 Å². The van der Waals surface area contributed by atoms with Crippen molar-refractivity contribution in [3.8, 4) is 17.8 Å². The van der Waals surface area contributed by atoms with Crippen molar-refractivity contribution >= 4 is 17.6 Å². The number of hydrogen-bond acceptors (Lipinski definition) is 2. The summed E-state index contributed by atoms with van der Waals surface area (Å²) in [6, 6.07) is 24.0. The summed E-state index contributed by atoms with van der Waals surface area (Å²) in [4.78, 5) is 12.4. The average Bonchev–Trinajstić information content (AvgIpc) is 2.74. The van der Waals surface area contributed by atoms with Gasteiger partial charge in [0.2, 0.25) is 0 Å². The van der Waals surface area contributed by atoms with Gasteiger partial charge in [-0.25, -0.2) is 0 Å². The summed E-state index contributed by atoms with van der Waals surface area (Å²) in [5, 5.41) is 10.8. The topological polar surface area (TPSA) is 46.5 Å². The van der Waals surface area contributed by atoms with E-state index in [1.165, 1.54) is 0 Å². The second-order valence-corrected chi connectivity index (χ2v) is 7.89. The number of ether oxygens (including phenoxy) is 1. The first-order valence-electron chi connectivity index (χ1n) is 9.73. The lowest BCUT2D eigenvalue weighted by Gasteiger charge is -2.34. The largest absolute Gasteiger partial charge is 0.481 e. The van der Waals surface area contributed by atoms with Gasteiger partial charge in [0, 0.05) is 10.6 Å². The monoisotopic (exact) mass is 418 g/mol. The summed E-state index contributed by atoms with van der Waals surface area (Å²) in [6.07, 6.45) is 3.07. The minimum atomic E-state index is -1.05. The van der Waals surface area contributed by atoms with Crippen molar-refractivity contribution in [3.63, 3.8) is 0 Å². The summed E-state index contributed by atoms with van der Waals surface area (Å²) in [5.74, 6) is 2.69. The normalized spacial score (nSPS) is 12.5. The maximum atomic E-state index is 12.4. The van der Waals surface area contributed by atoms with E-state index < -0.39 is 11.4 Å². The van der Waals surface area contributed by atoms with Crippen LogP contribution in [0.2, 0.25) is 5.02 Å². The van der Waals surface area contributed by atoms with Gasteiger partial charge < -0.3 is 9.84 Å². The zero-order valence-electron chi connectivity index (χ0n) is 16.9. The zero-order valence-corrected chi connectivity index (χ0v) is 17.7. The molecule has 0 aliphatic carbocycles. The van der Waals surface area contributed by atoms with Crippen molar-refractivity contribution in [1.82, 2.24) is 0 Å². The van der Waals surface area contributed by atoms with Crippen molar-refractivity contribution < 1.29 is 14.6 Å². The molecule has 1 atom stereocenters. The van der Waals surface area contributed by atoms with Crippen LogP contribution in [-0.2, 0) is 16.6 Å². The van der Waals surface area contributed by atoms with Gasteiger partial charge in [0.1, 0.15) is 11.9 Å². The maximum absolute atomic E-state index is 12.4. The third-order valence-corrected chi connectivity index (χ3v) is 5.52. The van der Waals surface area contributed by atoms with Gasteiger partial charge in [0.15, 0.2) is 0 Å². The van der Waals surface area contributed by atoms with Gasteiger partial charge in [-0.05, 0) is 65.8 Å². The quantitative estimate of drug-likeness (QED) is 0.503. The number of halogens is 1. The second-order valence-electron chi connectivity index (χ2n) is 7.45. The highest BCUT2D eigenvalue weighted by Gasteiger charge is 2.43. The van der Waals surface area contributed by atoms with Crippen molar-refractivity contribution in [1.29, 1.82) is 0 Å². The summed E-state index contributed by atoms with van der Waals surface area (Å²) >= 11 is 6.01. The molecule has 0 bridgehead atoms. The van der Waals surface area contributed by atoms with Crippen molar-refractivity contribution in [2.75, 3.05) is 0 Å². The van der Waals surface area contributed by atoms with E-state index in [-0.39, 0.29) is 5.92 Å². The number of rotatable bonds is 6. The fourth-order valence-electron chi connectivity index (χ4n) is 3.49. The highest BCUT2D eigenvalue weighted by Crippen LogP contribution is 2.37. The zero-order chi connectivity index (χ0) is 21.6. The molecule has 0 aliphatic heterocycles. The van der Waals surface area contributed by atoms with Gasteiger partial charge in [-0.2, -0.15) is 0 Å². The number of aliphatic carboxylic acids is 1. The molecule has 0 saturated carbocycles. The maximum Gasteiger partial charge on any atom is 0.314 e. The van der Waals surface area contributed by atoms with Gasteiger partial charge >= 0.3 is 5.97 Å². The minimum Gasteiger partial charge on any atom is -0.481 e. The van der Waals surface area contributed by atoms with E-state index in [1.807, 2.05) is 68.4 Å². The summed E-state index contributed by atoms with van der Waals surface area (Å²) in [6.45, 7) is 3.87. The first-order valence-corrected chi connectivity index (χ1v) is 10.1. The summed E-state index contributed by atoms with van der Waals surface area (Å²) in [5.41, 5.74) is 1.42. The first-order chi connectivity index (χ1) is 14.4. The number of benzene rings is 3. The predicted octanol–water partition coefficient (Wildman–Crippen LogP) is 5.95. The highest BCUT2D eigenvalue weighted by molar-refractivity contribution is 6.30. The lowest BCUT2D eigenvalue weighted by Crippen LogP contribution is -2.43. The van der Waals surface area contributed by atoms with Gasteiger partial charge in [-0.1, -0.05) is 67.9 Å². The lowest BCUT2D eigenvalue weighted by atomic mass is 9.68. The van der Waals surface area contributed by atoms with Crippen molar-refractivity contribution in [2.24, 2.45) is 5.92 Å². The van der Waals surface area contributed by atoms with Crippen LogP contribution in [0.25, 0.3) is 0 Å². The van der Waals surface area contributed by atoms with Crippen LogP contribution in [-0.4, -0.2) is 11.1 Å². The van der Waals surface area contributed by atoms with Crippen LogP contribution in [0, 0.1) is 17.9 Å². The SMILES string of the molecule is CC(C)C(Cc1ccc(C#COc2ccccc2)cc1)(C(=O)O)c1ccc(Cl)cc1. The van der Waals surface area contributed by atoms with Crippen molar-refractivity contribution in [2.45, 2.75) is 25.7 Å². The molecule has 0 spiro atoms. The highest BCUT2D eigenvalue weighted by atomic mass is 35.5. The van der Waals surface area contributed by atoms with E-state index in [0.29, 0.717) is 17.2 Å². The molecule has 1 N–H and O–H groups in total. The Bertz CT molecular complexity index is 1050. The minimum absolute atomic E-state index is 0.116. The molecule has 3 aromatic rings.